The molecule has 0 saturated carbocycles. The van der Waals surface area contributed by atoms with Gasteiger partial charge in [-0.05, 0) is 43.2 Å². The number of para-hydroxylation sites is 1. The summed E-state index contributed by atoms with van der Waals surface area (Å²) in [6, 6.07) is 13.0. The number of hydrogen-bond acceptors (Lipinski definition) is 5. The van der Waals surface area contributed by atoms with Crippen LogP contribution in [0.1, 0.15) is 16.7 Å². The maximum absolute atomic E-state index is 12.5. The van der Waals surface area contributed by atoms with Crippen LogP contribution in [0.2, 0.25) is 0 Å². The molecule has 0 bridgehead atoms. The van der Waals surface area contributed by atoms with Crippen LogP contribution in [0.5, 0.6) is 5.75 Å². The lowest BCUT2D eigenvalue weighted by atomic mass is 10.1. The second kappa shape index (κ2) is 9.73. The number of benzene rings is 2. The monoisotopic (exact) mass is 438 g/mol. The first-order valence-corrected chi connectivity index (χ1v) is 10.6. The molecule has 0 aliphatic carbocycles. The van der Waals surface area contributed by atoms with E-state index >= 15 is 0 Å². The van der Waals surface area contributed by atoms with Crippen LogP contribution in [-0.2, 0) is 9.59 Å². The Bertz CT molecular complexity index is 1050. The predicted octanol–water partition coefficient (Wildman–Crippen LogP) is 4.71. The molecule has 0 atom stereocenters. The van der Waals surface area contributed by atoms with Crippen molar-refractivity contribution >= 4 is 51.9 Å². The maximum atomic E-state index is 12.5. The molecule has 1 N–H and O–H groups in total. The largest absolute Gasteiger partial charge is 0.483 e. The second-order valence-electron chi connectivity index (χ2n) is 6.70. The number of rotatable bonds is 7. The van der Waals surface area contributed by atoms with E-state index in [1.165, 1.54) is 16.7 Å². The molecule has 1 saturated heterocycles. The summed E-state index contributed by atoms with van der Waals surface area (Å²) in [4.78, 5) is 26.9. The number of carbonyl (C=O) groups excluding carboxylic acids is 2. The molecule has 1 heterocycles. The number of amides is 2. The molecule has 2 aromatic rings. The average Bonchev–Trinajstić information content (AvgIpc) is 2.98. The van der Waals surface area contributed by atoms with Crippen LogP contribution < -0.4 is 10.1 Å². The fourth-order valence-electron chi connectivity index (χ4n) is 2.88. The van der Waals surface area contributed by atoms with Crippen molar-refractivity contribution in [2.24, 2.45) is 0 Å². The van der Waals surface area contributed by atoms with E-state index in [4.69, 9.17) is 17.0 Å². The molecule has 7 heteroatoms. The summed E-state index contributed by atoms with van der Waals surface area (Å²) in [5.41, 5.74) is 3.60. The minimum absolute atomic E-state index is 0.143. The number of carbonyl (C=O) groups is 2. The molecule has 0 unspecified atom stereocenters. The lowest BCUT2D eigenvalue weighted by Crippen LogP contribution is -2.27. The van der Waals surface area contributed by atoms with Gasteiger partial charge in [-0.3, -0.25) is 14.5 Å². The summed E-state index contributed by atoms with van der Waals surface area (Å²) in [6.45, 7) is 7.84. The predicted molar refractivity (Wildman–Crippen MR) is 127 cm³/mol. The highest BCUT2D eigenvalue weighted by Crippen LogP contribution is 2.34. The first kappa shape index (κ1) is 21.8. The summed E-state index contributed by atoms with van der Waals surface area (Å²) in [7, 11) is 0. The van der Waals surface area contributed by atoms with Crippen molar-refractivity contribution < 1.29 is 14.3 Å². The van der Waals surface area contributed by atoms with Gasteiger partial charge in [0.2, 0.25) is 0 Å². The first-order valence-electron chi connectivity index (χ1n) is 9.35. The molecule has 1 aliphatic rings. The Labute approximate surface area is 185 Å². The number of hydrogen-bond donors (Lipinski definition) is 1. The van der Waals surface area contributed by atoms with Gasteiger partial charge in [-0.15, -0.1) is 6.58 Å². The Morgan fingerprint density at radius 2 is 2.00 bits per heavy atom. The van der Waals surface area contributed by atoms with Gasteiger partial charge >= 0.3 is 0 Å². The Morgan fingerprint density at radius 1 is 1.23 bits per heavy atom. The highest BCUT2D eigenvalue weighted by molar-refractivity contribution is 8.26. The summed E-state index contributed by atoms with van der Waals surface area (Å²) in [5.74, 6) is 0.103. The summed E-state index contributed by atoms with van der Waals surface area (Å²) in [5, 5.41) is 2.88. The molecule has 1 aliphatic heterocycles. The van der Waals surface area contributed by atoms with Gasteiger partial charge in [0.05, 0.1) is 4.91 Å². The van der Waals surface area contributed by atoms with Crippen molar-refractivity contribution in [2.75, 3.05) is 18.5 Å². The van der Waals surface area contributed by atoms with Crippen molar-refractivity contribution in [3.8, 4) is 5.75 Å². The molecule has 3 rings (SSSR count). The molecule has 154 valence electrons. The lowest BCUT2D eigenvalue weighted by Gasteiger charge is -2.12. The van der Waals surface area contributed by atoms with E-state index in [1.54, 1.807) is 18.2 Å². The van der Waals surface area contributed by atoms with Gasteiger partial charge in [0, 0.05) is 17.8 Å². The number of nitrogens with one attached hydrogen (secondary N) is 1. The molecule has 2 aromatic carbocycles. The van der Waals surface area contributed by atoms with Gasteiger partial charge in [-0.25, -0.2) is 0 Å². The number of anilines is 1. The molecule has 5 nitrogen and oxygen atoms in total. The number of nitrogens with zero attached hydrogens (tertiary/aromatic N) is 1. The fourth-order valence-corrected chi connectivity index (χ4v) is 4.14. The molecular formula is C23H22N2O3S2. The van der Waals surface area contributed by atoms with Crippen molar-refractivity contribution in [3.63, 3.8) is 0 Å². The molecule has 2 amide bonds. The molecule has 30 heavy (non-hydrogen) atoms. The standard InChI is InChI=1S/C23H22N2O3S2/c1-4-12-25-22(27)20(30-23(25)29)13-17-9-5-6-11-19(17)28-14-21(26)24-18-10-7-8-15(2)16(18)3/h4-11,13H,1,12,14H2,2-3H3,(H,24,26)/b20-13-. The molecular weight excluding hydrogens is 416 g/mol. The van der Waals surface area contributed by atoms with E-state index < -0.39 is 0 Å². The van der Waals surface area contributed by atoms with E-state index in [9.17, 15) is 9.59 Å². The van der Waals surface area contributed by atoms with Crippen molar-refractivity contribution in [1.82, 2.24) is 4.90 Å². The summed E-state index contributed by atoms with van der Waals surface area (Å²) < 4.78 is 6.25. The first-order chi connectivity index (χ1) is 14.4. The fraction of sp³-hybridized carbons (Fsp3) is 0.174. The molecule has 1 fully saturated rings. The third kappa shape index (κ3) is 4.98. The van der Waals surface area contributed by atoms with E-state index in [2.05, 4.69) is 11.9 Å². The van der Waals surface area contributed by atoms with Crippen LogP contribution >= 0.6 is 24.0 Å². The van der Waals surface area contributed by atoms with Gasteiger partial charge in [0.15, 0.2) is 6.61 Å². The van der Waals surface area contributed by atoms with E-state index in [0.29, 0.717) is 27.1 Å². The zero-order valence-electron chi connectivity index (χ0n) is 16.8. The SMILES string of the molecule is C=CCN1C(=O)/C(=C/c2ccccc2OCC(=O)Nc2cccc(C)c2C)SC1=S. The quantitative estimate of drug-likeness (QED) is 0.385. The Balaban J connectivity index is 1.71. The van der Waals surface area contributed by atoms with Gasteiger partial charge in [-0.2, -0.15) is 0 Å². The summed E-state index contributed by atoms with van der Waals surface area (Å²) >= 11 is 6.51. The third-order valence-electron chi connectivity index (χ3n) is 4.63. The molecule has 0 aromatic heterocycles. The van der Waals surface area contributed by atoms with E-state index in [-0.39, 0.29) is 18.4 Å². The van der Waals surface area contributed by atoms with Crippen LogP contribution in [0.4, 0.5) is 5.69 Å². The minimum atomic E-state index is -0.254. The Hall–Kier alpha value is -2.90. The number of ether oxygens (including phenoxy) is 1. The third-order valence-corrected chi connectivity index (χ3v) is 6.01. The number of thioether (sulfide) groups is 1. The number of thiocarbonyl (C=S) groups is 1. The molecule has 0 spiro atoms. The van der Waals surface area contributed by atoms with Crippen LogP contribution in [0.25, 0.3) is 6.08 Å². The minimum Gasteiger partial charge on any atom is -0.483 e. The normalized spacial score (nSPS) is 14.9. The van der Waals surface area contributed by atoms with E-state index in [0.717, 1.165) is 16.8 Å². The lowest BCUT2D eigenvalue weighted by molar-refractivity contribution is -0.121. The topological polar surface area (TPSA) is 58.6 Å². The van der Waals surface area contributed by atoms with Crippen LogP contribution in [-0.4, -0.2) is 34.2 Å². The highest BCUT2D eigenvalue weighted by atomic mass is 32.2. The average molecular weight is 439 g/mol. The van der Waals surface area contributed by atoms with Crippen molar-refractivity contribution in [2.45, 2.75) is 13.8 Å². The Morgan fingerprint density at radius 3 is 2.77 bits per heavy atom. The van der Waals surface area contributed by atoms with Gasteiger partial charge < -0.3 is 10.1 Å². The van der Waals surface area contributed by atoms with Crippen molar-refractivity contribution in [3.05, 3.63) is 76.7 Å². The van der Waals surface area contributed by atoms with Gasteiger partial charge in [0.1, 0.15) is 10.1 Å². The molecule has 0 radical (unpaired) electrons. The van der Waals surface area contributed by atoms with E-state index in [1.807, 2.05) is 50.2 Å². The smallest absolute Gasteiger partial charge is 0.266 e. The maximum Gasteiger partial charge on any atom is 0.266 e. The van der Waals surface area contributed by atoms with Crippen molar-refractivity contribution in [1.29, 1.82) is 0 Å². The zero-order valence-corrected chi connectivity index (χ0v) is 18.4. The summed E-state index contributed by atoms with van der Waals surface area (Å²) in [6.07, 6.45) is 3.37. The van der Waals surface area contributed by atoms with Crippen LogP contribution in [0.15, 0.2) is 60.0 Å². The number of aryl methyl sites for hydroxylation is 1. The highest BCUT2D eigenvalue weighted by Gasteiger charge is 2.31. The van der Waals surface area contributed by atoms with Crippen LogP contribution in [0.3, 0.4) is 0 Å². The van der Waals surface area contributed by atoms with Crippen LogP contribution in [0, 0.1) is 13.8 Å². The van der Waals surface area contributed by atoms with Gasteiger partial charge in [0.25, 0.3) is 11.8 Å². The van der Waals surface area contributed by atoms with Gasteiger partial charge in [-0.1, -0.05) is 60.4 Å². The zero-order chi connectivity index (χ0) is 21.7. The second-order valence-corrected chi connectivity index (χ2v) is 8.38. The Kier molecular flexibility index (Phi) is 7.07.